The average Bonchev–Trinajstić information content (AvgIpc) is 2.94. The molecule has 0 aromatic rings. The van der Waals surface area contributed by atoms with E-state index in [-0.39, 0.29) is 26.1 Å². The van der Waals surface area contributed by atoms with Crippen molar-refractivity contribution in [3.8, 4) is 0 Å². The zero-order chi connectivity index (χ0) is 19.1. The Labute approximate surface area is 150 Å². The minimum atomic E-state index is -1.21. The van der Waals surface area contributed by atoms with Crippen molar-refractivity contribution in [2.24, 2.45) is 0 Å². The van der Waals surface area contributed by atoms with Crippen LogP contribution < -0.4 is 0 Å². The summed E-state index contributed by atoms with van der Waals surface area (Å²) in [5.41, 5.74) is 0. The Morgan fingerprint density at radius 1 is 1.23 bits per heavy atom. The van der Waals surface area contributed by atoms with Crippen LogP contribution in [0.15, 0.2) is 12.7 Å². The lowest BCUT2D eigenvalue weighted by Crippen LogP contribution is -2.57. The third-order valence-corrected chi connectivity index (χ3v) is 4.03. The van der Waals surface area contributed by atoms with Crippen molar-refractivity contribution in [3.63, 3.8) is 0 Å². The maximum atomic E-state index is 12.1. The predicted octanol–water partition coefficient (Wildman–Crippen LogP) is 0.204. The van der Waals surface area contributed by atoms with Crippen molar-refractivity contribution in [1.82, 2.24) is 5.06 Å². The molecule has 0 unspecified atom stereocenters. The topological polar surface area (TPSA) is 110 Å². The molecule has 0 aliphatic carbocycles. The summed E-state index contributed by atoms with van der Waals surface area (Å²) in [6.45, 7) is 4.17. The molecule has 2 heterocycles. The molecule has 0 N–H and O–H groups in total. The Morgan fingerprint density at radius 3 is 2.50 bits per heavy atom. The van der Waals surface area contributed by atoms with Gasteiger partial charge in [0.2, 0.25) is 0 Å². The minimum absolute atomic E-state index is 0.0108. The molecule has 0 bridgehead atoms. The maximum absolute atomic E-state index is 12.1. The minimum Gasteiger partial charge on any atom is -0.424 e. The molecule has 2 aliphatic rings. The highest BCUT2D eigenvalue weighted by Gasteiger charge is 2.45. The molecule has 0 spiro atoms. The molecule has 2 amide bonds. The molecule has 2 fully saturated rings. The predicted molar refractivity (Wildman–Crippen MR) is 84.8 cm³/mol. The van der Waals surface area contributed by atoms with E-state index in [0.29, 0.717) is 11.7 Å². The molecule has 26 heavy (non-hydrogen) atoms. The number of carbonyl (C=O) groups is 3. The SMILES string of the molecule is C=CCOC[C@H]1OC[C@H](OC)[C@@H](OC)[C@@H]1OC(=O)ON1C(=O)CCC1=O. The summed E-state index contributed by atoms with van der Waals surface area (Å²) in [7, 11) is 2.92. The third-order valence-electron chi connectivity index (χ3n) is 4.03. The number of hydrogen-bond acceptors (Lipinski definition) is 9. The van der Waals surface area contributed by atoms with Gasteiger partial charge in [0.15, 0.2) is 6.10 Å². The fourth-order valence-corrected chi connectivity index (χ4v) is 2.74. The van der Waals surface area contributed by atoms with Crippen LogP contribution in [0.4, 0.5) is 4.79 Å². The molecular formula is C16H23NO9. The highest BCUT2D eigenvalue weighted by molar-refractivity contribution is 6.01. The van der Waals surface area contributed by atoms with Crippen LogP contribution in [0.25, 0.3) is 0 Å². The van der Waals surface area contributed by atoms with E-state index in [2.05, 4.69) is 6.58 Å². The lowest BCUT2D eigenvalue weighted by molar-refractivity contribution is -0.225. The second kappa shape index (κ2) is 9.62. The fourth-order valence-electron chi connectivity index (χ4n) is 2.74. The van der Waals surface area contributed by atoms with Crippen molar-refractivity contribution in [2.75, 3.05) is 34.0 Å². The van der Waals surface area contributed by atoms with Gasteiger partial charge in [0.05, 0.1) is 19.8 Å². The van der Waals surface area contributed by atoms with Crippen LogP contribution in [0.2, 0.25) is 0 Å². The number of rotatable bonds is 8. The number of amides is 2. The second-order valence-corrected chi connectivity index (χ2v) is 5.68. The van der Waals surface area contributed by atoms with Crippen LogP contribution in [0.3, 0.4) is 0 Å². The van der Waals surface area contributed by atoms with Crippen LogP contribution >= 0.6 is 0 Å². The fraction of sp³-hybridized carbons (Fsp3) is 0.688. The summed E-state index contributed by atoms with van der Waals surface area (Å²) in [5, 5.41) is 0.408. The number of methoxy groups -OCH3 is 2. The highest BCUT2D eigenvalue weighted by atomic mass is 16.8. The third kappa shape index (κ3) is 4.79. The largest absolute Gasteiger partial charge is 0.534 e. The molecule has 4 atom stereocenters. The molecule has 10 heteroatoms. The van der Waals surface area contributed by atoms with Crippen LogP contribution in [-0.4, -0.2) is 81.5 Å². The first-order chi connectivity index (χ1) is 12.5. The van der Waals surface area contributed by atoms with Gasteiger partial charge in [-0.25, -0.2) is 4.79 Å². The van der Waals surface area contributed by atoms with E-state index in [1.807, 2.05) is 0 Å². The Morgan fingerprint density at radius 2 is 1.92 bits per heavy atom. The normalized spacial score (nSPS) is 28.9. The summed E-state index contributed by atoms with van der Waals surface area (Å²) in [4.78, 5) is 39.9. The zero-order valence-electron chi connectivity index (χ0n) is 14.8. The second-order valence-electron chi connectivity index (χ2n) is 5.68. The smallest absolute Gasteiger partial charge is 0.424 e. The van der Waals surface area contributed by atoms with Crippen molar-refractivity contribution in [2.45, 2.75) is 37.3 Å². The van der Waals surface area contributed by atoms with E-state index in [4.69, 9.17) is 28.5 Å². The number of ether oxygens (including phenoxy) is 5. The van der Waals surface area contributed by atoms with Gasteiger partial charge in [0.25, 0.3) is 11.8 Å². The van der Waals surface area contributed by atoms with Gasteiger partial charge >= 0.3 is 6.16 Å². The molecule has 0 aromatic heterocycles. The van der Waals surface area contributed by atoms with Crippen molar-refractivity contribution in [1.29, 1.82) is 0 Å². The molecule has 2 aliphatic heterocycles. The maximum Gasteiger partial charge on any atom is 0.534 e. The number of hydroxylamine groups is 2. The van der Waals surface area contributed by atoms with Gasteiger partial charge in [0.1, 0.15) is 18.3 Å². The van der Waals surface area contributed by atoms with E-state index in [1.54, 1.807) is 6.08 Å². The van der Waals surface area contributed by atoms with Gasteiger partial charge in [-0.05, 0) is 0 Å². The van der Waals surface area contributed by atoms with E-state index in [9.17, 15) is 14.4 Å². The molecule has 0 saturated carbocycles. The van der Waals surface area contributed by atoms with Crippen molar-refractivity contribution < 1.29 is 42.9 Å². The first kappa shape index (κ1) is 20.3. The quantitative estimate of drug-likeness (QED) is 0.255. The van der Waals surface area contributed by atoms with Gasteiger partial charge in [-0.3, -0.25) is 14.4 Å². The summed E-state index contributed by atoms with van der Waals surface area (Å²) in [5.74, 6) is -1.20. The Balaban J connectivity index is 2.04. The number of hydrogen-bond donors (Lipinski definition) is 0. The Hall–Kier alpha value is -2.01. The summed E-state index contributed by atoms with van der Waals surface area (Å²) in [6.07, 6.45) is -2.37. The number of imide groups is 1. The first-order valence-corrected chi connectivity index (χ1v) is 8.12. The van der Waals surface area contributed by atoms with Gasteiger partial charge in [-0.2, -0.15) is 0 Å². The summed E-state index contributed by atoms with van der Waals surface area (Å²) < 4.78 is 27.0. The van der Waals surface area contributed by atoms with Gasteiger partial charge in [0, 0.05) is 27.1 Å². The van der Waals surface area contributed by atoms with E-state index in [0.717, 1.165) is 0 Å². The average molecular weight is 373 g/mol. The van der Waals surface area contributed by atoms with Crippen LogP contribution in [0, 0.1) is 0 Å². The number of nitrogens with zero attached hydrogens (tertiary/aromatic N) is 1. The van der Waals surface area contributed by atoms with Crippen molar-refractivity contribution >= 4 is 18.0 Å². The highest BCUT2D eigenvalue weighted by Crippen LogP contribution is 2.24. The molecule has 2 saturated heterocycles. The molecule has 0 radical (unpaired) electrons. The lowest BCUT2D eigenvalue weighted by Gasteiger charge is -2.40. The summed E-state index contributed by atoms with van der Waals surface area (Å²) in [6, 6.07) is 0. The van der Waals surface area contributed by atoms with Crippen LogP contribution in [0.1, 0.15) is 12.8 Å². The van der Waals surface area contributed by atoms with E-state index >= 15 is 0 Å². The Kier molecular flexibility index (Phi) is 7.51. The Bertz CT molecular complexity index is 522. The van der Waals surface area contributed by atoms with Gasteiger partial charge < -0.3 is 23.7 Å². The molecule has 146 valence electrons. The molecule has 0 aromatic carbocycles. The lowest BCUT2D eigenvalue weighted by atomic mass is 10.00. The van der Waals surface area contributed by atoms with Crippen LogP contribution in [-0.2, 0) is 38.1 Å². The number of carbonyl (C=O) groups excluding carboxylic acids is 3. The van der Waals surface area contributed by atoms with Crippen molar-refractivity contribution in [3.05, 3.63) is 12.7 Å². The standard InChI is InChI=1S/C16H23NO9/c1-4-7-23-8-11-15(14(22-3)10(21-2)9-24-11)25-16(20)26-17-12(18)5-6-13(17)19/h4,10-11,14-15H,1,5-9H2,2-3H3/t10-,11+,14+,15+/m0/s1. The van der Waals surface area contributed by atoms with Crippen LogP contribution in [0.5, 0.6) is 0 Å². The van der Waals surface area contributed by atoms with E-state index < -0.39 is 42.4 Å². The summed E-state index contributed by atoms with van der Waals surface area (Å²) >= 11 is 0. The molecular weight excluding hydrogens is 350 g/mol. The molecule has 10 nitrogen and oxygen atoms in total. The molecule has 2 rings (SSSR count). The zero-order valence-corrected chi connectivity index (χ0v) is 14.8. The first-order valence-electron chi connectivity index (χ1n) is 8.12. The monoisotopic (exact) mass is 373 g/mol. The van der Waals surface area contributed by atoms with Gasteiger partial charge in [-0.1, -0.05) is 11.1 Å². The van der Waals surface area contributed by atoms with Gasteiger partial charge in [-0.15, -0.1) is 6.58 Å². The van der Waals surface area contributed by atoms with E-state index in [1.165, 1.54) is 14.2 Å².